The summed E-state index contributed by atoms with van der Waals surface area (Å²) in [5.41, 5.74) is -0.144. The first-order valence-corrected chi connectivity index (χ1v) is 5.71. The molecule has 1 aromatic carbocycles. The maximum absolute atomic E-state index is 13.8. The van der Waals surface area contributed by atoms with E-state index in [9.17, 15) is 18.0 Å². The molecule has 21 heavy (non-hydrogen) atoms. The highest BCUT2D eigenvalue weighted by Crippen LogP contribution is 2.25. The molecule has 0 aliphatic carbocycles. The Morgan fingerprint density at radius 3 is 2.52 bits per heavy atom. The third-order valence-electron chi connectivity index (χ3n) is 2.93. The van der Waals surface area contributed by atoms with Gasteiger partial charge in [-0.2, -0.15) is 0 Å². The van der Waals surface area contributed by atoms with E-state index in [-0.39, 0.29) is 22.6 Å². The minimum absolute atomic E-state index is 0.0773. The van der Waals surface area contributed by atoms with Crippen LogP contribution >= 0.6 is 0 Å². The molecule has 0 amide bonds. The summed E-state index contributed by atoms with van der Waals surface area (Å²) in [6.07, 6.45) is 1.17. The molecular formula is C13H6F3N3O2. The number of halogens is 3. The zero-order valence-corrected chi connectivity index (χ0v) is 10.2. The van der Waals surface area contributed by atoms with Crippen LogP contribution < -0.4 is 0 Å². The van der Waals surface area contributed by atoms with Crippen LogP contribution in [-0.2, 0) is 0 Å². The monoisotopic (exact) mass is 293 g/mol. The number of rotatable bonds is 2. The van der Waals surface area contributed by atoms with Crippen LogP contribution in [0.5, 0.6) is 0 Å². The van der Waals surface area contributed by atoms with E-state index in [4.69, 9.17) is 5.11 Å². The topological polar surface area (TPSA) is 67.5 Å². The van der Waals surface area contributed by atoms with Crippen LogP contribution in [0.2, 0.25) is 0 Å². The summed E-state index contributed by atoms with van der Waals surface area (Å²) >= 11 is 0. The maximum Gasteiger partial charge on any atom is 0.337 e. The fourth-order valence-electron chi connectivity index (χ4n) is 1.90. The molecule has 8 heteroatoms. The van der Waals surface area contributed by atoms with Crippen molar-refractivity contribution in [3.05, 3.63) is 53.5 Å². The second-order valence-corrected chi connectivity index (χ2v) is 4.20. The third kappa shape index (κ3) is 2.00. The number of aromatic carboxylic acids is 1. The second-order valence-electron chi connectivity index (χ2n) is 4.20. The normalized spacial score (nSPS) is 11.0. The average molecular weight is 293 g/mol. The summed E-state index contributed by atoms with van der Waals surface area (Å²) in [5, 5.41) is 16.4. The molecule has 0 aliphatic heterocycles. The number of hydrogen-bond acceptors (Lipinski definition) is 3. The summed E-state index contributed by atoms with van der Waals surface area (Å²) in [4.78, 5) is 10.9. The van der Waals surface area contributed by atoms with Crippen molar-refractivity contribution >= 4 is 11.6 Å². The molecule has 0 unspecified atom stereocenters. The fourth-order valence-corrected chi connectivity index (χ4v) is 1.90. The molecule has 0 saturated carbocycles. The molecule has 2 aromatic heterocycles. The van der Waals surface area contributed by atoms with Crippen molar-refractivity contribution in [3.8, 4) is 11.4 Å². The van der Waals surface area contributed by atoms with E-state index in [0.29, 0.717) is 0 Å². The summed E-state index contributed by atoms with van der Waals surface area (Å²) in [5.74, 6) is -5.67. The molecule has 5 nitrogen and oxygen atoms in total. The molecular weight excluding hydrogens is 287 g/mol. The van der Waals surface area contributed by atoms with Crippen LogP contribution in [0.25, 0.3) is 17.0 Å². The van der Waals surface area contributed by atoms with E-state index in [2.05, 4.69) is 10.2 Å². The molecule has 0 atom stereocenters. The molecule has 0 bridgehead atoms. The van der Waals surface area contributed by atoms with Gasteiger partial charge in [0.1, 0.15) is 0 Å². The van der Waals surface area contributed by atoms with Gasteiger partial charge in [0.2, 0.25) is 0 Å². The maximum atomic E-state index is 13.8. The molecule has 2 heterocycles. The Hall–Kier alpha value is -2.90. The first-order chi connectivity index (χ1) is 9.99. The SMILES string of the molecule is O=C(O)c1ccc2nnc(-c3ccc(F)c(F)c3F)n2c1. The van der Waals surface area contributed by atoms with Gasteiger partial charge >= 0.3 is 5.97 Å². The van der Waals surface area contributed by atoms with Crippen LogP contribution in [0.15, 0.2) is 30.5 Å². The summed E-state index contributed by atoms with van der Waals surface area (Å²) in [6, 6.07) is 4.45. The van der Waals surface area contributed by atoms with Gasteiger partial charge in [-0.25, -0.2) is 18.0 Å². The van der Waals surface area contributed by atoms with E-state index in [1.807, 2.05) is 0 Å². The number of carboxylic acids is 1. The standard InChI is InChI=1S/C13H6F3N3O2/c14-8-3-2-7(10(15)11(8)16)12-18-17-9-4-1-6(13(20)21)5-19(9)12/h1-5H,(H,20,21). The number of aromatic nitrogens is 3. The van der Waals surface area contributed by atoms with Crippen molar-refractivity contribution in [1.29, 1.82) is 0 Å². The van der Waals surface area contributed by atoms with Gasteiger partial charge in [0.25, 0.3) is 0 Å². The molecule has 0 fully saturated rings. The number of benzene rings is 1. The second kappa shape index (κ2) is 4.58. The lowest BCUT2D eigenvalue weighted by Crippen LogP contribution is -2.01. The van der Waals surface area contributed by atoms with Gasteiger partial charge in [0.15, 0.2) is 28.9 Å². The minimum atomic E-state index is -1.63. The van der Waals surface area contributed by atoms with Crippen LogP contribution in [-0.4, -0.2) is 25.7 Å². The highest BCUT2D eigenvalue weighted by molar-refractivity contribution is 5.87. The average Bonchev–Trinajstić information content (AvgIpc) is 2.88. The van der Waals surface area contributed by atoms with Gasteiger partial charge in [-0.1, -0.05) is 0 Å². The van der Waals surface area contributed by atoms with Gasteiger partial charge in [0, 0.05) is 6.20 Å². The molecule has 3 rings (SSSR count). The summed E-state index contributed by atoms with van der Waals surface area (Å²) < 4.78 is 41.2. The van der Waals surface area contributed by atoms with Gasteiger partial charge in [-0.15, -0.1) is 10.2 Å². The Morgan fingerprint density at radius 1 is 1.05 bits per heavy atom. The predicted octanol–water partition coefficient (Wildman–Crippen LogP) is 2.51. The molecule has 0 spiro atoms. The van der Waals surface area contributed by atoms with Crippen molar-refractivity contribution < 1.29 is 23.1 Å². The van der Waals surface area contributed by atoms with E-state index < -0.39 is 23.4 Å². The van der Waals surface area contributed by atoms with Gasteiger partial charge < -0.3 is 5.11 Å². The smallest absolute Gasteiger partial charge is 0.337 e. The first kappa shape index (κ1) is 13.1. The number of fused-ring (bicyclic) bond motifs is 1. The largest absolute Gasteiger partial charge is 0.478 e. The van der Waals surface area contributed by atoms with Gasteiger partial charge in [-0.3, -0.25) is 4.40 Å². The van der Waals surface area contributed by atoms with E-state index in [1.54, 1.807) is 0 Å². The molecule has 0 radical (unpaired) electrons. The van der Waals surface area contributed by atoms with E-state index in [1.165, 1.54) is 22.7 Å². The minimum Gasteiger partial charge on any atom is -0.478 e. The zero-order chi connectivity index (χ0) is 15.1. The Labute approximate surface area is 115 Å². The molecule has 3 aromatic rings. The highest BCUT2D eigenvalue weighted by atomic mass is 19.2. The molecule has 106 valence electrons. The number of hydrogen-bond donors (Lipinski definition) is 1. The van der Waals surface area contributed by atoms with E-state index in [0.717, 1.165) is 12.1 Å². The van der Waals surface area contributed by atoms with Gasteiger partial charge in [-0.05, 0) is 24.3 Å². The number of pyridine rings is 1. The lowest BCUT2D eigenvalue weighted by Gasteiger charge is -2.04. The van der Waals surface area contributed by atoms with Crippen LogP contribution in [0, 0.1) is 17.5 Å². The Kier molecular flexibility index (Phi) is 2.86. The van der Waals surface area contributed by atoms with Crippen LogP contribution in [0.3, 0.4) is 0 Å². The number of carboxylic acid groups (broad SMARTS) is 1. The fraction of sp³-hybridized carbons (Fsp3) is 0. The Balaban J connectivity index is 2.28. The zero-order valence-electron chi connectivity index (χ0n) is 10.2. The van der Waals surface area contributed by atoms with Crippen molar-refractivity contribution in [2.45, 2.75) is 0 Å². The van der Waals surface area contributed by atoms with E-state index >= 15 is 0 Å². The van der Waals surface area contributed by atoms with Crippen molar-refractivity contribution in [2.75, 3.05) is 0 Å². The van der Waals surface area contributed by atoms with Crippen molar-refractivity contribution in [2.24, 2.45) is 0 Å². The number of carbonyl (C=O) groups is 1. The number of nitrogens with zero attached hydrogens (tertiary/aromatic N) is 3. The van der Waals surface area contributed by atoms with Crippen molar-refractivity contribution in [3.63, 3.8) is 0 Å². The van der Waals surface area contributed by atoms with Gasteiger partial charge in [0.05, 0.1) is 11.1 Å². The lowest BCUT2D eigenvalue weighted by atomic mass is 10.2. The summed E-state index contributed by atoms with van der Waals surface area (Å²) in [7, 11) is 0. The quantitative estimate of drug-likeness (QED) is 0.737. The third-order valence-corrected chi connectivity index (χ3v) is 2.93. The first-order valence-electron chi connectivity index (χ1n) is 5.71. The van der Waals surface area contributed by atoms with Crippen molar-refractivity contribution in [1.82, 2.24) is 14.6 Å². The highest BCUT2D eigenvalue weighted by Gasteiger charge is 2.19. The van der Waals surface area contributed by atoms with Crippen LogP contribution in [0.4, 0.5) is 13.2 Å². The predicted molar refractivity (Wildman–Crippen MR) is 65.3 cm³/mol. The molecule has 1 N–H and O–H groups in total. The molecule has 0 saturated heterocycles. The Bertz CT molecular complexity index is 876. The lowest BCUT2D eigenvalue weighted by molar-refractivity contribution is 0.0696. The van der Waals surface area contributed by atoms with Crippen LogP contribution in [0.1, 0.15) is 10.4 Å². The molecule has 0 aliphatic rings. The Morgan fingerprint density at radius 2 is 1.81 bits per heavy atom. The summed E-state index contributed by atoms with van der Waals surface area (Å²) in [6.45, 7) is 0.